The van der Waals surface area contributed by atoms with Gasteiger partial charge in [0.1, 0.15) is 11.4 Å². The van der Waals surface area contributed by atoms with Crippen LogP contribution >= 0.6 is 0 Å². The second-order valence-electron chi connectivity index (χ2n) is 9.02. The van der Waals surface area contributed by atoms with Crippen LogP contribution in [-0.2, 0) is 9.53 Å². The van der Waals surface area contributed by atoms with Gasteiger partial charge in [0.05, 0.1) is 11.2 Å². The number of para-hydroxylation sites is 2. The van der Waals surface area contributed by atoms with Crippen LogP contribution in [0.2, 0.25) is 0 Å². The molecular formula is C22H35N5O4. The van der Waals surface area contributed by atoms with Crippen LogP contribution in [0.25, 0.3) is 0 Å². The van der Waals surface area contributed by atoms with Crippen LogP contribution in [0.3, 0.4) is 0 Å². The van der Waals surface area contributed by atoms with E-state index in [0.717, 1.165) is 17.9 Å². The third-order valence-electron chi connectivity index (χ3n) is 4.42. The van der Waals surface area contributed by atoms with Crippen molar-refractivity contribution in [3.8, 4) is 5.75 Å². The molecule has 1 aromatic carbocycles. The lowest BCUT2D eigenvalue weighted by molar-refractivity contribution is -0.121. The summed E-state index contributed by atoms with van der Waals surface area (Å²) in [5.74, 6) is 1.30. The van der Waals surface area contributed by atoms with Gasteiger partial charge in [-0.2, -0.15) is 0 Å². The van der Waals surface area contributed by atoms with Gasteiger partial charge in [0.2, 0.25) is 0 Å². The number of aliphatic imine (C=N–C) groups is 1. The second kappa shape index (κ2) is 10.4. The van der Waals surface area contributed by atoms with Crippen molar-refractivity contribution in [2.24, 2.45) is 4.99 Å². The lowest BCUT2D eigenvalue weighted by Gasteiger charge is -2.30. The molecule has 2 amide bonds. The minimum atomic E-state index is -0.548. The van der Waals surface area contributed by atoms with Crippen molar-refractivity contribution >= 4 is 23.6 Å². The van der Waals surface area contributed by atoms with E-state index >= 15 is 0 Å². The Morgan fingerprint density at radius 2 is 1.90 bits per heavy atom. The number of hydrogen-bond acceptors (Lipinski definition) is 5. The fourth-order valence-corrected chi connectivity index (χ4v) is 2.99. The summed E-state index contributed by atoms with van der Waals surface area (Å²) in [5, 5.41) is 9.30. The van der Waals surface area contributed by atoms with Crippen molar-refractivity contribution in [1.82, 2.24) is 16.0 Å². The average molecular weight is 434 g/mol. The molecule has 0 spiro atoms. The standard InChI is InChI=1S/C22H35N5O4/c1-21(2,3)31-20(29)26-22(4,5)15-25-19(23-6)24-12-9-13-27-16-10-7-8-11-17(16)30-14-18(27)28/h7-8,10-11H,9,12-15H2,1-6H3,(H,26,29)(H2,23,24,25). The molecule has 0 fully saturated rings. The third-order valence-corrected chi connectivity index (χ3v) is 4.42. The number of ether oxygens (including phenoxy) is 2. The zero-order valence-electron chi connectivity index (χ0n) is 19.4. The van der Waals surface area contributed by atoms with Crippen LogP contribution < -0.4 is 25.6 Å². The summed E-state index contributed by atoms with van der Waals surface area (Å²) in [6.45, 7) is 11.0. The average Bonchev–Trinajstić information content (AvgIpc) is 2.66. The first-order valence-electron chi connectivity index (χ1n) is 10.5. The number of fused-ring (bicyclic) bond motifs is 1. The molecule has 0 saturated carbocycles. The number of nitrogens with one attached hydrogen (secondary N) is 3. The SMILES string of the molecule is CN=C(NCCCN1C(=O)COc2ccccc21)NCC(C)(C)NC(=O)OC(C)(C)C. The molecular weight excluding hydrogens is 398 g/mol. The van der Waals surface area contributed by atoms with Crippen LogP contribution in [0.4, 0.5) is 10.5 Å². The maximum Gasteiger partial charge on any atom is 0.408 e. The zero-order chi connectivity index (χ0) is 23.1. The number of alkyl carbamates (subject to hydrolysis) is 1. The number of benzene rings is 1. The summed E-state index contributed by atoms with van der Waals surface area (Å²) < 4.78 is 10.8. The molecule has 1 aliphatic heterocycles. The van der Waals surface area contributed by atoms with Gasteiger partial charge in [-0.05, 0) is 53.2 Å². The van der Waals surface area contributed by atoms with Crippen molar-refractivity contribution < 1.29 is 19.1 Å². The van der Waals surface area contributed by atoms with E-state index < -0.39 is 17.2 Å². The monoisotopic (exact) mass is 433 g/mol. The number of hydrogen-bond donors (Lipinski definition) is 3. The fraction of sp³-hybridized carbons (Fsp3) is 0.591. The Bertz CT molecular complexity index is 801. The van der Waals surface area contributed by atoms with Crippen molar-refractivity contribution in [1.29, 1.82) is 0 Å². The summed E-state index contributed by atoms with van der Waals surface area (Å²) in [5.41, 5.74) is -0.284. The van der Waals surface area contributed by atoms with E-state index in [-0.39, 0.29) is 12.5 Å². The lowest BCUT2D eigenvalue weighted by atomic mass is 10.1. The Kier molecular flexibility index (Phi) is 8.13. The van der Waals surface area contributed by atoms with E-state index in [1.807, 2.05) is 58.9 Å². The largest absolute Gasteiger partial charge is 0.482 e. The molecule has 3 N–H and O–H groups in total. The van der Waals surface area contributed by atoms with Crippen molar-refractivity contribution in [2.75, 3.05) is 38.2 Å². The molecule has 9 nitrogen and oxygen atoms in total. The van der Waals surface area contributed by atoms with Crippen molar-refractivity contribution in [3.05, 3.63) is 24.3 Å². The summed E-state index contributed by atoms with van der Waals surface area (Å²) in [6.07, 6.45) is 0.276. The highest BCUT2D eigenvalue weighted by Crippen LogP contribution is 2.31. The normalized spacial score (nSPS) is 14.5. The van der Waals surface area contributed by atoms with E-state index in [0.29, 0.717) is 25.6 Å². The number of anilines is 1. The molecule has 1 aliphatic rings. The van der Waals surface area contributed by atoms with Gasteiger partial charge in [0, 0.05) is 26.7 Å². The van der Waals surface area contributed by atoms with E-state index in [4.69, 9.17) is 9.47 Å². The Hall–Kier alpha value is -2.97. The summed E-state index contributed by atoms with van der Waals surface area (Å²) in [7, 11) is 1.69. The van der Waals surface area contributed by atoms with Gasteiger partial charge in [0.25, 0.3) is 5.91 Å². The van der Waals surface area contributed by atoms with Gasteiger partial charge in [0.15, 0.2) is 12.6 Å². The Balaban J connectivity index is 1.76. The van der Waals surface area contributed by atoms with Gasteiger partial charge in [-0.25, -0.2) is 4.79 Å². The molecule has 172 valence electrons. The first kappa shape index (κ1) is 24.3. The molecule has 2 rings (SSSR count). The first-order valence-corrected chi connectivity index (χ1v) is 10.5. The number of nitrogens with zero attached hydrogens (tertiary/aromatic N) is 2. The number of guanidine groups is 1. The minimum Gasteiger partial charge on any atom is -0.482 e. The van der Waals surface area contributed by atoms with Crippen LogP contribution in [0.15, 0.2) is 29.3 Å². The lowest BCUT2D eigenvalue weighted by Crippen LogP contribution is -2.54. The van der Waals surface area contributed by atoms with Gasteiger partial charge >= 0.3 is 6.09 Å². The molecule has 0 aliphatic carbocycles. The molecule has 0 aromatic heterocycles. The maximum atomic E-state index is 12.2. The minimum absolute atomic E-state index is 0.0452. The van der Waals surface area contributed by atoms with Crippen LogP contribution in [0.1, 0.15) is 41.0 Å². The van der Waals surface area contributed by atoms with E-state index in [2.05, 4.69) is 20.9 Å². The quantitative estimate of drug-likeness (QED) is 0.346. The zero-order valence-corrected chi connectivity index (χ0v) is 19.4. The van der Waals surface area contributed by atoms with E-state index in [9.17, 15) is 9.59 Å². The van der Waals surface area contributed by atoms with Crippen LogP contribution in [0.5, 0.6) is 5.75 Å². The molecule has 0 saturated heterocycles. The smallest absolute Gasteiger partial charge is 0.408 e. The maximum absolute atomic E-state index is 12.2. The van der Waals surface area contributed by atoms with Gasteiger partial charge in [-0.1, -0.05) is 12.1 Å². The van der Waals surface area contributed by atoms with Gasteiger partial charge in [-0.3, -0.25) is 9.79 Å². The van der Waals surface area contributed by atoms with Gasteiger partial charge < -0.3 is 30.3 Å². The summed E-state index contributed by atoms with van der Waals surface area (Å²) >= 11 is 0. The highest BCUT2D eigenvalue weighted by molar-refractivity contribution is 5.97. The van der Waals surface area contributed by atoms with Crippen molar-refractivity contribution in [2.45, 2.75) is 52.2 Å². The molecule has 0 atom stereocenters. The Morgan fingerprint density at radius 1 is 1.19 bits per heavy atom. The number of carbonyl (C=O) groups excluding carboxylic acids is 2. The topological polar surface area (TPSA) is 104 Å². The molecule has 0 unspecified atom stereocenters. The molecule has 0 radical (unpaired) electrons. The summed E-state index contributed by atoms with van der Waals surface area (Å²) in [4.78, 5) is 30.2. The van der Waals surface area contributed by atoms with Crippen molar-refractivity contribution in [3.63, 3.8) is 0 Å². The number of amides is 2. The third kappa shape index (κ3) is 7.99. The number of rotatable bonds is 7. The molecule has 9 heteroatoms. The highest BCUT2D eigenvalue weighted by Gasteiger charge is 2.26. The predicted octanol–water partition coefficient (Wildman–Crippen LogP) is 2.27. The molecule has 1 heterocycles. The fourth-order valence-electron chi connectivity index (χ4n) is 2.99. The van der Waals surface area contributed by atoms with Gasteiger partial charge in [-0.15, -0.1) is 0 Å². The van der Waals surface area contributed by atoms with E-state index in [1.54, 1.807) is 11.9 Å². The van der Waals surface area contributed by atoms with E-state index in [1.165, 1.54) is 0 Å². The van der Waals surface area contributed by atoms with Crippen LogP contribution in [-0.4, -0.2) is 62.4 Å². The summed E-state index contributed by atoms with van der Waals surface area (Å²) in [6, 6.07) is 7.54. The van der Waals surface area contributed by atoms with Crippen LogP contribution in [0, 0.1) is 0 Å². The second-order valence-corrected chi connectivity index (χ2v) is 9.02. The number of carbonyl (C=O) groups is 2. The molecule has 1 aromatic rings. The Labute approximate surface area is 184 Å². The highest BCUT2D eigenvalue weighted by atomic mass is 16.6. The Morgan fingerprint density at radius 3 is 2.58 bits per heavy atom. The molecule has 0 bridgehead atoms. The first-order chi connectivity index (χ1) is 14.5. The predicted molar refractivity (Wildman–Crippen MR) is 122 cm³/mol. The molecule has 31 heavy (non-hydrogen) atoms.